The Hall–Kier alpha value is -0.500. The van der Waals surface area contributed by atoms with Gasteiger partial charge in [0.2, 0.25) is 10.0 Å². The molecule has 1 atom stereocenters. The van der Waals surface area contributed by atoms with Gasteiger partial charge in [-0.1, -0.05) is 0 Å². The molecule has 0 radical (unpaired) electrons. The van der Waals surface area contributed by atoms with Crippen molar-refractivity contribution >= 4 is 21.8 Å². The minimum absolute atomic E-state index is 0.0421. The summed E-state index contributed by atoms with van der Waals surface area (Å²) in [5, 5.41) is 3.01. The highest BCUT2D eigenvalue weighted by Gasteiger charge is 2.32. The maximum absolute atomic E-state index is 12.9. The number of sulfonamides is 1. The molecule has 0 saturated heterocycles. The maximum atomic E-state index is 12.9. The molecule has 0 spiro atoms. The van der Waals surface area contributed by atoms with Crippen molar-refractivity contribution in [1.29, 1.82) is 0 Å². The van der Waals surface area contributed by atoms with E-state index in [9.17, 15) is 8.42 Å². The lowest BCUT2D eigenvalue weighted by atomic mass is 10.2. The zero-order chi connectivity index (χ0) is 16.2. The number of nitrogens with one attached hydrogen (secondary N) is 1. The molecule has 1 aromatic rings. The lowest BCUT2D eigenvalue weighted by Gasteiger charge is -2.24. The van der Waals surface area contributed by atoms with Crippen molar-refractivity contribution in [3.63, 3.8) is 0 Å². The Bertz CT molecular complexity index is 567. The zero-order valence-electron chi connectivity index (χ0n) is 13.7. The Morgan fingerprint density at radius 2 is 1.95 bits per heavy atom. The minimum Gasteiger partial charge on any atom is -0.465 e. The summed E-state index contributed by atoms with van der Waals surface area (Å²) in [7, 11) is -0.102. The number of hydrogen-bond acceptors (Lipinski definition) is 5. The highest BCUT2D eigenvalue weighted by molar-refractivity contribution is 7.98. The second-order valence-corrected chi connectivity index (χ2v) is 8.12. The van der Waals surface area contributed by atoms with Gasteiger partial charge < -0.3 is 9.73 Å². The van der Waals surface area contributed by atoms with Gasteiger partial charge in [0.05, 0.1) is 0 Å². The monoisotopic (exact) mass is 334 g/mol. The summed E-state index contributed by atoms with van der Waals surface area (Å²) in [5.41, 5.74) is 0.721. The van der Waals surface area contributed by atoms with Crippen LogP contribution in [-0.4, -0.2) is 44.9 Å². The Kier molecular flexibility index (Phi) is 6.77. The van der Waals surface area contributed by atoms with Gasteiger partial charge in [-0.2, -0.15) is 16.1 Å². The molecule has 7 heteroatoms. The molecule has 5 nitrogen and oxygen atoms in total. The van der Waals surface area contributed by atoms with Gasteiger partial charge in [-0.3, -0.25) is 0 Å². The van der Waals surface area contributed by atoms with Crippen molar-refractivity contribution in [3.8, 4) is 0 Å². The third-order valence-corrected chi connectivity index (χ3v) is 6.49. The second-order valence-electron chi connectivity index (χ2n) is 5.20. The normalized spacial score (nSPS) is 13.9. The molecular formula is C14H26N2O3S2. The fourth-order valence-electron chi connectivity index (χ4n) is 2.28. The summed E-state index contributed by atoms with van der Waals surface area (Å²) in [4.78, 5) is 0.313. The van der Waals surface area contributed by atoms with E-state index in [0.717, 1.165) is 17.7 Å². The van der Waals surface area contributed by atoms with Gasteiger partial charge in [0.25, 0.3) is 0 Å². The van der Waals surface area contributed by atoms with Crippen molar-refractivity contribution in [1.82, 2.24) is 9.62 Å². The number of aryl methyl sites for hydroxylation is 2. The Balaban J connectivity index is 3.18. The molecule has 0 fully saturated rings. The third-order valence-electron chi connectivity index (χ3n) is 3.68. The Morgan fingerprint density at radius 1 is 1.33 bits per heavy atom. The van der Waals surface area contributed by atoms with E-state index < -0.39 is 10.0 Å². The van der Waals surface area contributed by atoms with E-state index in [1.165, 1.54) is 4.31 Å². The maximum Gasteiger partial charge on any atom is 0.246 e. The number of thioether (sulfide) groups is 1. The molecular weight excluding hydrogens is 308 g/mol. The van der Waals surface area contributed by atoms with Gasteiger partial charge in [0.1, 0.15) is 16.4 Å². The predicted octanol–water partition coefficient (Wildman–Crippen LogP) is 2.38. The smallest absolute Gasteiger partial charge is 0.246 e. The summed E-state index contributed by atoms with van der Waals surface area (Å²) in [6, 6.07) is -0.0421. The first-order chi connectivity index (χ1) is 9.77. The molecule has 1 heterocycles. The molecule has 1 aromatic heterocycles. The SMILES string of the molecule is CNCc1c(C)oc(C)c1S(=O)(=O)N(C)C(C)CCSC. The summed E-state index contributed by atoms with van der Waals surface area (Å²) < 4.78 is 32.8. The topological polar surface area (TPSA) is 62.6 Å². The first kappa shape index (κ1) is 18.5. The molecule has 0 bridgehead atoms. The van der Waals surface area contributed by atoms with Crippen LogP contribution >= 0.6 is 11.8 Å². The van der Waals surface area contributed by atoms with Crippen molar-refractivity contribution in [2.24, 2.45) is 0 Å². The molecule has 1 N–H and O–H groups in total. The summed E-state index contributed by atoms with van der Waals surface area (Å²) in [6.07, 6.45) is 2.85. The van der Waals surface area contributed by atoms with Crippen LogP contribution in [0.15, 0.2) is 9.31 Å². The molecule has 122 valence electrons. The van der Waals surface area contributed by atoms with Crippen LogP contribution in [0.5, 0.6) is 0 Å². The van der Waals surface area contributed by atoms with Gasteiger partial charge >= 0.3 is 0 Å². The predicted molar refractivity (Wildman–Crippen MR) is 88.4 cm³/mol. The number of rotatable bonds is 8. The molecule has 0 amide bonds. The molecule has 0 aromatic carbocycles. The van der Waals surface area contributed by atoms with Crippen LogP contribution in [0.3, 0.4) is 0 Å². The fraction of sp³-hybridized carbons (Fsp3) is 0.714. The van der Waals surface area contributed by atoms with Crippen molar-refractivity contribution < 1.29 is 12.8 Å². The van der Waals surface area contributed by atoms with Crippen LogP contribution in [0.25, 0.3) is 0 Å². The van der Waals surface area contributed by atoms with Gasteiger partial charge in [-0.05, 0) is 46.2 Å². The molecule has 0 aliphatic heterocycles. The van der Waals surface area contributed by atoms with E-state index in [1.807, 2.05) is 13.2 Å². The van der Waals surface area contributed by atoms with E-state index in [1.54, 1.807) is 39.7 Å². The highest BCUT2D eigenvalue weighted by atomic mass is 32.2. The van der Waals surface area contributed by atoms with E-state index >= 15 is 0 Å². The lowest BCUT2D eigenvalue weighted by Crippen LogP contribution is -2.36. The average molecular weight is 335 g/mol. The van der Waals surface area contributed by atoms with E-state index in [4.69, 9.17) is 4.42 Å². The molecule has 1 unspecified atom stereocenters. The average Bonchev–Trinajstić information content (AvgIpc) is 2.70. The van der Waals surface area contributed by atoms with Crippen LogP contribution in [0, 0.1) is 13.8 Å². The second kappa shape index (κ2) is 7.67. The van der Waals surface area contributed by atoms with Crippen molar-refractivity contribution in [3.05, 3.63) is 17.1 Å². The van der Waals surface area contributed by atoms with E-state index in [0.29, 0.717) is 23.0 Å². The standard InChI is InChI=1S/C14H26N2O3S2/c1-10(7-8-20-6)16(5)21(17,18)14-12(3)19-11(2)13(14)9-15-4/h10,15H,7-9H2,1-6H3. The fourth-order valence-corrected chi connectivity index (χ4v) is 4.66. The van der Waals surface area contributed by atoms with Crippen molar-refractivity contribution in [2.45, 2.75) is 44.7 Å². The number of furan rings is 1. The van der Waals surface area contributed by atoms with Gasteiger partial charge in [0, 0.05) is 25.2 Å². The van der Waals surface area contributed by atoms with Crippen LogP contribution in [0.4, 0.5) is 0 Å². The van der Waals surface area contributed by atoms with Crippen LogP contribution in [0.2, 0.25) is 0 Å². The van der Waals surface area contributed by atoms with Crippen molar-refractivity contribution in [2.75, 3.05) is 26.1 Å². The summed E-state index contributed by atoms with van der Waals surface area (Å²) in [5.74, 6) is 2.06. The number of nitrogens with zero attached hydrogens (tertiary/aromatic N) is 1. The zero-order valence-corrected chi connectivity index (χ0v) is 15.3. The minimum atomic E-state index is -3.54. The molecule has 21 heavy (non-hydrogen) atoms. The van der Waals surface area contributed by atoms with Crippen LogP contribution in [0.1, 0.15) is 30.4 Å². The summed E-state index contributed by atoms with van der Waals surface area (Å²) in [6.45, 7) is 5.92. The quantitative estimate of drug-likeness (QED) is 0.791. The molecule has 0 aliphatic carbocycles. The lowest BCUT2D eigenvalue weighted by molar-refractivity contribution is 0.381. The molecule has 0 aliphatic rings. The third kappa shape index (κ3) is 4.03. The van der Waals surface area contributed by atoms with E-state index in [-0.39, 0.29) is 6.04 Å². The van der Waals surface area contributed by atoms with Gasteiger partial charge in [0.15, 0.2) is 0 Å². The van der Waals surface area contributed by atoms with Gasteiger partial charge in [-0.25, -0.2) is 8.42 Å². The molecule has 0 saturated carbocycles. The first-order valence-electron chi connectivity index (χ1n) is 6.97. The summed E-state index contributed by atoms with van der Waals surface area (Å²) >= 11 is 1.72. The highest BCUT2D eigenvalue weighted by Crippen LogP contribution is 2.30. The number of hydrogen-bond donors (Lipinski definition) is 1. The van der Waals surface area contributed by atoms with Gasteiger partial charge in [-0.15, -0.1) is 0 Å². The Morgan fingerprint density at radius 3 is 2.48 bits per heavy atom. The Labute approximate surface area is 132 Å². The van der Waals surface area contributed by atoms with E-state index in [2.05, 4.69) is 5.32 Å². The largest absolute Gasteiger partial charge is 0.465 e. The van der Waals surface area contributed by atoms with Crippen LogP contribution < -0.4 is 5.32 Å². The molecule has 1 rings (SSSR count). The van der Waals surface area contributed by atoms with Crippen LogP contribution in [-0.2, 0) is 16.6 Å². The first-order valence-corrected chi connectivity index (χ1v) is 9.81.